The van der Waals surface area contributed by atoms with Gasteiger partial charge in [-0.15, -0.1) is 11.3 Å². The van der Waals surface area contributed by atoms with Gasteiger partial charge < -0.3 is 16.2 Å². The van der Waals surface area contributed by atoms with Crippen LogP contribution in [-0.2, 0) is 17.6 Å². The Kier molecular flexibility index (Phi) is 3.30. The molecular formula is C23H27N3O2S. The van der Waals surface area contributed by atoms with Crippen molar-refractivity contribution in [3.05, 3.63) is 76.1 Å². The van der Waals surface area contributed by atoms with Gasteiger partial charge in [0.2, 0.25) is 5.91 Å². The van der Waals surface area contributed by atoms with Crippen LogP contribution in [0.15, 0.2) is 53.7 Å². The van der Waals surface area contributed by atoms with E-state index in [-0.39, 0.29) is 10.7 Å². The highest BCUT2D eigenvalue weighted by molar-refractivity contribution is 7.13. The van der Waals surface area contributed by atoms with Gasteiger partial charge in [-0.05, 0) is 49.4 Å². The van der Waals surface area contributed by atoms with Gasteiger partial charge in [0, 0.05) is 16.5 Å². The van der Waals surface area contributed by atoms with Crippen molar-refractivity contribution in [1.82, 2.24) is 4.98 Å². The van der Waals surface area contributed by atoms with Gasteiger partial charge in [-0.2, -0.15) is 0 Å². The van der Waals surface area contributed by atoms with E-state index in [9.17, 15) is 9.90 Å². The fourth-order valence-corrected chi connectivity index (χ4v) is 2.55. The third kappa shape index (κ3) is 6.69. The summed E-state index contributed by atoms with van der Waals surface area (Å²) in [7, 11) is 0. The molecule has 152 valence electrons. The topological polar surface area (TPSA) is 88.2 Å². The lowest BCUT2D eigenvalue weighted by molar-refractivity contribution is -0.115. The molecule has 0 bridgehead atoms. The second-order valence-corrected chi connectivity index (χ2v) is 6.64. The number of aromatic nitrogens is 1. The molecule has 0 aliphatic heterocycles. The van der Waals surface area contributed by atoms with Crippen molar-refractivity contribution >= 4 is 28.1 Å². The first-order valence-corrected chi connectivity index (χ1v) is 9.30. The van der Waals surface area contributed by atoms with Crippen molar-refractivity contribution in [2.24, 2.45) is 0 Å². The fraction of sp³-hybridized carbons (Fsp3) is 0.304. The number of aliphatic hydroxyl groups is 1. The molecule has 1 atom stereocenters. The summed E-state index contributed by atoms with van der Waals surface area (Å²) in [5, 5.41) is 12.2. The predicted molar refractivity (Wildman–Crippen MR) is 119 cm³/mol. The molecule has 0 saturated carbocycles. The molecule has 5 nitrogen and oxygen atoms in total. The van der Waals surface area contributed by atoms with Crippen LogP contribution in [0.5, 0.6) is 0 Å². The summed E-state index contributed by atoms with van der Waals surface area (Å²) >= 11 is 0.626. The number of carbonyl (C=O) groups is 1. The molecule has 0 fully saturated rings. The molecule has 1 amide bonds. The van der Waals surface area contributed by atoms with E-state index in [4.69, 9.17) is 24.9 Å². The number of rotatable bonds is 9. The average molecular weight is 424 g/mol. The lowest BCUT2D eigenvalue weighted by Crippen LogP contribution is -2.14. The van der Waals surface area contributed by atoms with E-state index in [1.54, 1.807) is 0 Å². The molecule has 0 saturated heterocycles. The molecule has 29 heavy (non-hydrogen) atoms. The molecule has 0 aliphatic rings. The summed E-state index contributed by atoms with van der Waals surface area (Å²) in [6, 6.07) is -5.28. The number of anilines is 2. The number of nitrogens with two attached hydrogens (primary N) is 1. The van der Waals surface area contributed by atoms with Crippen LogP contribution in [0.25, 0.3) is 0 Å². The lowest BCUT2D eigenvalue weighted by atomic mass is 10.0. The molecular weight excluding hydrogens is 382 g/mol. The molecule has 1 heterocycles. The van der Waals surface area contributed by atoms with Crippen molar-refractivity contribution in [3.8, 4) is 0 Å². The highest BCUT2D eigenvalue weighted by Crippen LogP contribution is 2.21. The van der Waals surface area contributed by atoms with Crippen molar-refractivity contribution < 1.29 is 29.1 Å². The molecule has 0 unspecified atom stereocenters. The molecule has 6 heteroatoms. The van der Waals surface area contributed by atoms with Gasteiger partial charge in [-0.1, -0.05) is 48.2 Å². The van der Waals surface area contributed by atoms with Crippen molar-refractivity contribution in [1.29, 1.82) is 0 Å². The van der Waals surface area contributed by atoms with Gasteiger partial charge in [-0.25, -0.2) is 4.98 Å². The molecule has 3 aromatic rings. The highest BCUT2D eigenvalue weighted by Gasteiger charge is 2.08. The molecule has 4 N–H and O–H groups in total. The van der Waals surface area contributed by atoms with Gasteiger partial charge in [0.25, 0.3) is 0 Å². The quantitative estimate of drug-likeness (QED) is 0.467. The Morgan fingerprint density at radius 1 is 1.31 bits per heavy atom. The van der Waals surface area contributed by atoms with Crippen LogP contribution >= 0.6 is 11.3 Å². The Morgan fingerprint density at radius 2 is 2.03 bits per heavy atom. The molecule has 0 aliphatic carbocycles. The minimum absolute atomic E-state index is 0.0120. The summed E-state index contributed by atoms with van der Waals surface area (Å²) < 4.78 is 114. The molecule has 2 aromatic carbocycles. The van der Waals surface area contributed by atoms with Crippen LogP contribution in [0.4, 0.5) is 10.8 Å². The zero-order valence-electron chi connectivity index (χ0n) is 29.4. The first-order chi connectivity index (χ1) is 19.5. The zero-order chi connectivity index (χ0) is 33.0. The number of nitrogens with zero attached hydrogens (tertiary/aromatic N) is 1. The number of benzene rings is 2. The Balaban J connectivity index is 1.88. The standard InChI is InChI=1S/C23H27N3O2S/c1-16-6-10-18(11-7-16)21(27)5-3-2-4-17-8-12-19(13-9-17)25-22(28)14-20-15-29-23(24)26-20/h6-13,15,21,27H,2-5,14H2,1H3,(H2,24,26)(H,25,28)/t21-/m0/s1/i2D2,6D,7D,8D,9D,10D,11D,12D,13D,14D2,15D,21D. The van der Waals surface area contributed by atoms with Crippen molar-refractivity contribution in [3.63, 3.8) is 0 Å². The van der Waals surface area contributed by atoms with Crippen LogP contribution in [0, 0.1) is 6.92 Å². The van der Waals surface area contributed by atoms with E-state index < -0.39 is 120 Å². The fourth-order valence-electron chi connectivity index (χ4n) is 2.12. The Labute approximate surface area is 195 Å². The third-order valence-electron chi connectivity index (χ3n) is 3.50. The second-order valence-electron chi connectivity index (χ2n) is 5.81. The van der Waals surface area contributed by atoms with E-state index in [0.717, 1.165) is 0 Å². The van der Waals surface area contributed by atoms with E-state index in [1.165, 1.54) is 6.92 Å². The van der Waals surface area contributed by atoms with Crippen LogP contribution in [0.3, 0.4) is 0 Å². The monoisotopic (exact) mass is 423 g/mol. The number of nitrogens with one attached hydrogen (secondary N) is 1. The van der Waals surface area contributed by atoms with Gasteiger partial charge in [0.1, 0.15) is 0 Å². The summed E-state index contributed by atoms with van der Waals surface area (Å²) in [6.45, 7) is 1.35. The SMILES string of the molecule is [2H]c1sc(N)nc1C([2H])([2H])C(=O)Nc1c([2H])c([2H])c(CC([2H])([2H])CC[C@]([2H])(O)c2c([2H])c([2H])c(C)c([2H])c2[2H])c([2H])c1[2H]. The lowest BCUT2D eigenvalue weighted by Gasteiger charge is -2.11. The van der Waals surface area contributed by atoms with Crippen LogP contribution in [-0.4, -0.2) is 16.0 Å². The Hall–Kier alpha value is -2.70. The average Bonchev–Trinajstić information content (AvgIpc) is 3.27. The molecule has 1 aromatic heterocycles. The van der Waals surface area contributed by atoms with Gasteiger partial charge >= 0.3 is 0 Å². The summed E-state index contributed by atoms with van der Waals surface area (Å²) in [6.07, 6.45) is -10.1. The van der Waals surface area contributed by atoms with Gasteiger partial charge in [0.05, 0.1) is 31.9 Å². The number of amides is 1. The van der Waals surface area contributed by atoms with Gasteiger partial charge in [-0.3, -0.25) is 4.79 Å². The summed E-state index contributed by atoms with van der Waals surface area (Å²) in [4.78, 5) is 16.4. The minimum Gasteiger partial charge on any atom is -0.388 e. The Bertz CT molecular complexity index is 1550. The van der Waals surface area contributed by atoms with Crippen molar-refractivity contribution in [2.45, 2.75) is 45.0 Å². The number of carbonyl (C=O) groups excluding carboxylic acids is 1. The Morgan fingerprint density at radius 3 is 2.69 bits per heavy atom. The predicted octanol–water partition coefficient (Wildman–Crippen LogP) is 4.66. The molecule has 0 spiro atoms. The highest BCUT2D eigenvalue weighted by atomic mass is 32.1. The zero-order valence-corrected chi connectivity index (χ0v) is 16.2. The smallest absolute Gasteiger partial charge is 0.230 e. The van der Waals surface area contributed by atoms with Crippen molar-refractivity contribution in [2.75, 3.05) is 11.1 Å². The normalized spacial score (nSPS) is 20.9. The number of nitrogen functional groups attached to an aromatic ring is 1. The summed E-state index contributed by atoms with van der Waals surface area (Å²) in [5.74, 6) is -1.43. The number of hydrogen-bond acceptors (Lipinski definition) is 5. The summed E-state index contributed by atoms with van der Waals surface area (Å²) in [5.41, 5.74) is 3.17. The number of thiazole rings is 1. The maximum Gasteiger partial charge on any atom is 0.230 e. The minimum atomic E-state index is -2.92. The molecule has 0 radical (unpaired) electrons. The van der Waals surface area contributed by atoms with Crippen LogP contribution < -0.4 is 11.1 Å². The van der Waals surface area contributed by atoms with E-state index in [0.29, 0.717) is 11.3 Å². The maximum absolute atomic E-state index is 12.8. The second kappa shape index (κ2) is 10.2. The van der Waals surface area contributed by atoms with E-state index in [2.05, 4.69) is 4.98 Å². The van der Waals surface area contributed by atoms with E-state index in [1.807, 2.05) is 5.32 Å². The van der Waals surface area contributed by atoms with Gasteiger partial charge in [0.15, 0.2) is 5.13 Å². The largest absolute Gasteiger partial charge is 0.388 e. The van der Waals surface area contributed by atoms with Crippen LogP contribution in [0.1, 0.15) is 66.9 Å². The number of hydrogen-bond donors (Lipinski definition) is 3. The van der Waals surface area contributed by atoms with Crippen LogP contribution in [0.2, 0.25) is 0 Å². The molecule has 3 rings (SSSR count). The van der Waals surface area contributed by atoms with E-state index >= 15 is 0 Å². The third-order valence-corrected chi connectivity index (χ3v) is 4.10. The first-order valence-electron chi connectivity index (χ1n) is 15.5. The maximum atomic E-state index is 12.8. The first kappa shape index (κ1) is 9.41.